The van der Waals surface area contributed by atoms with Crippen LogP contribution in [0.1, 0.15) is 11.1 Å². The van der Waals surface area contributed by atoms with E-state index in [0.29, 0.717) is 5.69 Å². The van der Waals surface area contributed by atoms with E-state index in [1.165, 1.54) is 24.3 Å². The molecule has 0 saturated carbocycles. The van der Waals surface area contributed by atoms with Gasteiger partial charge in [-0.15, -0.1) is 11.8 Å². The van der Waals surface area contributed by atoms with Gasteiger partial charge in [0.1, 0.15) is 16.9 Å². The summed E-state index contributed by atoms with van der Waals surface area (Å²) in [6.07, 6.45) is 0. The summed E-state index contributed by atoms with van der Waals surface area (Å²) in [5, 5.41) is 13.1. The zero-order chi connectivity index (χ0) is 22.4. The first-order chi connectivity index (χ1) is 14.8. The molecule has 0 atom stereocenters. The maximum Gasteiger partial charge on any atom is 0.219 e. The van der Waals surface area contributed by atoms with Crippen molar-refractivity contribution in [1.29, 1.82) is 5.26 Å². The van der Waals surface area contributed by atoms with Crippen LogP contribution in [0.3, 0.4) is 0 Å². The van der Waals surface area contributed by atoms with E-state index in [0.717, 1.165) is 17.3 Å². The molecule has 8 heteroatoms. The molecular formula is C23H18ClFN2O2S2. The lowest BCUT2D eigenvalue weighted by atomic mass is 10.2. The zero-order valence-corrected chi connectivity index (χ0v) is 18.9. The summed E-state index contributed by atoms with van der Waals surface area (Å²) >= 11 is 7.12. The van der Waals surface area contributed by atoms with Crippen LogP contribution in [0.2, 0.25) is 5.02 Å². The number of rotatable bonds is 7. The molecule has 1 N–H and O–H groups in total. The number of allylic oxidation sites excluding steroid dienone is 1. The number of benzene rings is 3. The highest BCUT2D eigenvalue weighted by atomic mass is 35.5. The highest BCUT2D eigenvalue weighted by Crippen LogP contribution is 2.33. The van der Waals surface area contributed by atoms with Gasteiger partial charge in [0.2, 0.25) is 9.84 Å². The molecule has 0 aromatic heterocycles. The minimum Gasteiger partial charge on any atom is -0.349 e. The van der Waals surface area contributed by atoms with E-state index in [2.05, 4.69) is 5.32 Å². The van der Waals surface area contributed by atoms with E-state index in [9.17, 15) is 18.1 Å². The van der Waals surface area contributed by atoms with E-state index in [1.54, 1.807) is 30.3 Å². The summed E-state index contributed by atoms with van der Waals surface area (Å²) in [5.74, 6) is -0.464. The number of nitrogens with zero attached hydrogens (tertiary/aromatic N) is 1. The largest absolute Gasteiger partial charge is 0.349 e. The van der Waals surface area contributed by atoms with Crippen LogP contribution in [-0.2, 0) is 15.6 Å². The van der Waals surface area contributed by atoms with Crippen LogP contribution < -0.4 is 5.32 Å². The minimum absolute atomic E-state index is 0.000355. The third-order valence-corrected chi connectivity index (χ3v) is 7.57. The lowest BCUT2D eigenvalue weighted by molar-refractivity contribution is 0.603. The Balaban J connectivity index is 2.08. The van der Waals surface area contributed by atoms with Gasteiger partial charge in [-0.3, -0.25) is 0 Å². The Labute approximate surface area is 190 Å². The van der Waals surface area contributed by atoms with Gasteiger partial charge in [-0.05, 0) is 48.9 Å². The molecule has 0 saturated heterocycles. The van der Waals surface area contributed by atoms with E-state index < -0.39 is 20.6 Å². The average Bonchev–Trinajstić information content (AvgIpc) is 2.74. The van der Waals surface area contributed by atoms with Gasteiger partial charge in [0.25, 0.3) is 0 Å². The summed E-state index contributed by atoms with van der Waals surface area (Å²) < 4.78 is 40.6. The minimum atomic E-state index is -4.10. The molecule has 0 radical (unpaired) electrons. The summed E-state index contributed by atoms with van der Waals surface area (Å²) in [6.45, 7) is 1.90. The predicted octanol–water partition coefficient (Wildman–Crippen LogP) is 6.30. The maximum atomic E-state index is 14.2. The van der Waals surface area contributed by atoms with Crippen molar-refractivity contribution in [1.82, 2.24) is 0 Å². The van der Waals surface area contributed by atoms with Crippen LogP contribution in [0.4, 0.5) is 10.1 Å². The molecule has 0 aliphatic heterocycles. The van der Waals surface area contributed by atoms with Crippen molar-refractivity contribution < 1.29 is 12.8 Å². The Morgan fingerprint density at radius 3 is 2.45 bits per heavy atom. The lowest BCUT2D eigenvalue weighted by Crippen LogP contribution is -2.10. The van der Waals surface area contributed by atoms with Crippen molar-refractivity contribution in [2.24, 2.45) is 0 Å². The Kier molecular flexibility index (Phi) is 7.39. The second-order valence-electron chi connectivity index (χ2n) is 6.57. The number of aryl methyl sites for hydroxylation is 1. The molecule has 0 aliphatic rings. The van der Waals surface area contributed by atoms with Crippen LogP contribution in [0.15, 0.2) is 87.6 Å². The summed E-state index contributed by atoms with van der Waals surface area (Å²) in [5.41, 5.74) is 1.79. The third kappa shape index (κ3) is 5.47. The van der Waals surface area contributed by atoms with Gasteiger partial charge in [-0.1, -0.05) is 48.0 Å². The van der Waals surface area contributed by atoms with Crippen LogP contribution in [0, 0.1) is 24.1 Å². The van der Waals surface area contributed by atoms with Crippen LogP contribution in [0.25, 0.3) is 0 Å². The van der Waals surface area contributed by atoms with E-state index in [-0.39, 0.29) is 26.3 Å². The molecule has 0 spiro atoms. The van der Waals surface area contributed by atoms with Crippen molar-refractivity contribution >= 4 is 38.9 Å². The molecule has 4 nitrogen and oxygen atoms in total. The van der Waals surface area contributed by atoms with Crippen molar-refractivity contribution in [3.8, 4) is 6.07 Å². The van der Waals surface area contributed by atoms with E-state index >= 15 is 0 Å². The molecule has 3 aromatic rings. The summed E-state index contributed by atoms with van der Waals surface area (Å²) in [4.78, 5) is -0.447. The van der Waals surface area contributed by atoms with Gasteiger partial charge >= 0.3 is 0 Å². The lowest BCUT2D eigenvalue weighted by Gasteiger charge is -2.15. The smallest absolute Gasteiger partial charge is 0.219 e. The number of hydrogen-bond acceptors (Lipinski definition) is 5. The molecule has 0 unspecified atom stereocenters. The van der Waals surface area contributed by atoms with Gasteiger partial charge in [-0.25, -0.2) is 12.8 Å². The first-order valence-electron chi connectivity index (χ1n) is 9.17. The molecule has 0 fully saturated rings. The van der Waals surface area contributed by atoms with Gasteiger partial charge in [0, 0.05) is 22.0 Å². The van der Waals surface area contributed by atoms with Crippen LogP contribution in [0.5, 0.6) is 0 Å². The molecular weight excluding hydrogens is 455 g/mol. The third-order valence-electron chi connectivity index (χ3n) is 4.33. The van der Waals surface area contributed by atoms with Crippen molar-refractivity contribution in [3.63, 3.8) is 0 Å². The fourth-order valence-corrected chi connectivity index (χ4v) is 5.71. The second kappa shape index (κ2) is 10.0. The van der Waals surface area contributed by atoms with Gasteiger partial charge in [0.15, 0.2) is 4.91 Å². The number of sulfone groups is 1. The Morgan fingerprint density at radius 1 is 1.10 bits per heavy atom. The van der Waals surface area contributed by atoms with Gasteiger partial charge in [-0.2, -0.15) is 5.26 Å². The fraction of sp³-hybridized carbons (Fsp3) is 0.0870. The number of nitrogens with one attached hydrogen (secondary N) is 1. The fourth-order valence-electron chi connectivity index (χ4n) is 2.78. The molecule has 0 aliphatic carbocycles. The number of nitriles is 1. The number of thioether (sulfide) groups is 1. The van der Waals surface area contributed by atoms with Gasteiger partial charge < -0.3 is 5.32 Å². The zero-order valence-electron chi connectivity index (χ0n) is 16.5. The summed E-state index contributed by atoms with van der Waals surface area (Å²) in [6, 6.07) is 21.2. The van der Waals surface area contributed by atoms with E-state index in [1.807, 2.05) is 31.2 Å². The van der Waals surface area contributed by atoms with E-state index in [4.69, 9.17) is 11.6 Å². The summed E-state index contributed by atoms with van der Waals surface area (Å²) in [7, 11) is -4.10. The predicted molar refractivity (Wildman–Crippen MR) is 124 cm³/mol. The molecule has 0 bridgehead atoms. The normalized spacial score (nSPS) is 12.1. The first kappa shape index (κ1) is 22.9. The van der Waals surface area contributed by atoms with Crippen molar-refractivity contribution in [2.75, 3.05) is 5.32 Å². The molecule has 0 heterocycles. The monoisotopic (exact) mass is 472 g/mol. The Hall–Kier alpha value is -2.79. The SMILES string of the molecule is Cc1cccc(N/C(SCc2c(F)cccc2Cl)=C(/C#N)S(=O)(=O)c2ccccc2)c1. The van der Waals surface area contributed by atoms with Gasteiger partial charge in [0.05, 0.1) is 4.90 Å². The van der Waals surface area contributed by atoms with Crippen LogP contribution in [-0.4, -0.2) is 8.42 Å². The quantitative estimate of drug-likeness (QED) is 0.408. The number of hydrogen-bond donors (Lipinski definition) is 1. The highest BCUT2D eigenvalue weighted by molar-refractivity contribution is 8.04. The van der Waals surface area contributed by atoms with Crippen molar-refractivity contribution in [3.05, 3.63) is 105 Å². The average molecular weight is 473 g/mol. The van der Waals surface area contributed by atoms with Crippen molar-refractivity contribution in [2.45, 2.75) is 17.6 Å². The Bertz CT molecular complexity index is 1250. The number of anilines is 1. The molecule has 3 aromatic carbocycles. The Morgan fingerprint density at radius 2 is 1.81 bits per heavy atom. The molecule has 3 rings (SSSR count). The topological polar surface area (TPSA) is 70.0 Å². The standard InChI is InChI=1S/C23H18ClFN2O2S2/c1-16-7-5-8-17(13-16)27-23(30-15-19-20(24)11-6-12-21(19)25)22(14-26)31(28,29)18-9-3-2-4-10-18/h2-13,27H,15H2,1H3/b23-22+. The number of halogens is 2. The molecule has 0 amide bonds. The molecule has 31 heavy (non-hydrogen) atoms. The first-order valence-corrected chi connectivity index (χ1v) is 12.0. The second-order valence-corrected chi connectivity index (χ2v) is 9.85. The molecule has 158 valence electrons. The van der Waals surface area contributed by atoms with Crippen LogP contribution >= 0.6 is 23.4 Å². The highest BCUT2D eigenvalue weighted by Gasteiger charge is 2.26. The maximum absolute atomic E-state index is 14.2.